The number of methoxy groups -OCH3 is 1. The van der Waals surface area contributed by atoms with Crippen LogP contribution in [-0.4, -0.2) is 44.2 Å². The molecule has 142 valence electrons. The van der Waals surface area contributed by atoms with E-state index in [9.17, 15) is 4.79 Å². The van der Waals surface area contributed by atoms with Gasteiger partial charge in [0, 0.05) is 13.1 Å². The van der Waals surface area contributed by atoms with Gasteiger partial charge in [0.15, 0.2) is 18.1 Å². The zero-order valence-corrected chi connectivity index (χ0v) is 16.1. The second-order valence-electron chi connectivity index (χ2n) is 6.18. The molecule has 1 aromatic rings. The molecule has 0 aromatic heterocycles. The molecule has 0 radical (unpaired) electrons. The van der Waals surface area contributed by atoms with Gasteiger partial charge in [0.25, 0.3) is 5.91 Å². The molecule has 1 amide bonds. The summed E-state index contributed by atoms with van der Waals surface area (Å²) < 4.78 is 10.7. The Labute approximate surface area is 160 Å². The zero-order chi connectivity index (χ0) is 17.5. The number of hydrogen-bond acceptors (Lipinski definition) is 5. The largest absolute Gasteiger partial charge is 0.493 e. The highest BCUT2D eigenvalue weighted by Gasteiger charge is 2.20. The van der Waals surface area contributed by atoms with Gasteiger partial charge < -0.3 is 20.9 Å². The summed E-state index contributed by atoms with van der Waals surface area (Å²) in [6, 6.07) is 3.75. The molecule has 1 heterocycles. The van der Waals surface area contributed by atoms with Crippen LogP contribution in [0.15, 0.2) is 12.1 Å². The van der Waals surface area contributed by atoms with Crippen molar-refractivity contribution >= 4 is 29.9 Å². The average Bonchev–Trinajstić information content (AvgIpc) is 2.54. The van der Waals surface area contributed by atoms with Crippen LogP contribution in [0.2, 0.25) is 5.02 Å². The summed E-state index contributed by atoms with van der Waals surface area (Å²) in [6.45, 7) is 3.43. The maximum Gasteiger partial charge on any atom is 0.255 e. The van der Waals surface area contributed by atoms with E-state index in [4.69, 9.17) is 32.5 Å². The van der Waals surface area contributed by atoms with Gasteiger partial charge in [0.1, 0.15) is 0 Å². The molecule has 1 unspecified atom stereocenters. The number of benzene rings is 1. The smallest absolute Gasteiger partial charge is 0.255 e. The Bertz CT molecular complexity index is 570. The predicted octanol–water partition coefficient (Wildman–Crippen LogP) is 2.20. The third-order valence-corrected chi connectivity index (χ3v) is 4.51. The number of likely N-dealkylation sites (tertiary alicyclic amines) is 1. The highest BCUT2D eigenvalue weighted by molar-refractivity contribution is 6.32. The normalized spacial score (nSPS) is 17.6. The van der Waals surface area contributed by atoms with Crippen LogP contribution in [0.4, 0.5) is 0 Å². The van der Waals surface area contributed by atoms with Crippen LogP contribution in [0.1, 0.15) is 24.8 Å². The number of amides is 1. The molecule has 1 aromatic carbocycles. The quantitative estimate of drug-likeness (QED) is 0.708. The minimum absolute atomic E-state index is 0. The first-order valence-electron chi connectivity index (χ1n) is 8.23. The molecule has 1 fully saturated rings. The molecular formula is C17H27Cl2N3O3. The van der Waals surface area contributed by atoms with Crippen molar-refractivity contribution in [3.05, 3.63) is 22.7 Å². The average molecular weight is 392 g/mol. The van der Waals surface area contributed by atoms with E-state index in [0.29, 0.717) is 22.4 Å². The molecular weight excluding hydrogens is 365 g/mol. The van der Waals surface area contributed by atoms with Crippen LogP contribution < -0.4 is 20.9 Å². The number of primary amides is 1. The molecule has 1 aliphatic heterocycles. The van der Waals surface area contributed by atoms with Crippen molar-refractivity contribution < 1.29 is 14.3 Å². The van der Waals surface area contributed by atoms with Gasteiger partial charge in [-0.05, 0) is 56.0 Å². The van der Waals surface area contributed by atoms with Gasteiger partial charge in [-0.25, -0.2) is 0 Å². The Balaban J connectivity index is 0.00000312. The first kappa shape index (κ1) is 21.8. The molecule has 8 heteroatoms. The summed E-state index contributed by atoms with van der Waals surface area (Å²) >= 11 is 6.30. The van der Waals surface area contributed by atoms with Crippen molar-refractivity contribution in [2.45, 2.75) is 25.8 Å². The Morgan fingerprint density at radius 3 is 2.84 bits per heavy atom. The summed E-state index contributed by atoms with van der Waals surface area (Å²) in [5.41, 5.74) is 11.8. The lowest BCUT2D eigenvalue weighted by Gasteiger charge is -2.32. The first-order chi connectivity index (χ1) is 11.5. The van der Waals surface area contributed by atoms with E-state index in [1.807, 2.05) is 12.1 Å². The first-order valence-corrected chi connectivity index (χ1v) is 8.61. The van der Waals surface area contributed by atoms with Gasteiger partial charge >= 0.3 is 0 Å². The highest BCUT2D eigenvalue weighted by Crippen LogP contribution is 2.37. The van der Waals surface area contributed by atoms with Crippen LogP contribution >= 0.6 is 24.0 Å². The molecule has 25 heavy (non-hydrogen) atoms. The van der Waals surface area contributed by atoms with Gasteiger partial charge in [-0.15, -0.1) is 12.4 Å². The number of halogens is 2. The lowest BCUT2D eigenvalue weighted by atomic mass is 9.94. The molecule has 0 spiro atoms. The van der Waals surface area contributed by atoms with Crippen molar-refractivity contribution in [2.75, 3.05) is 33.4 Å². The molecule has 2 rings (SSSR count). The van der Waals surface area contributed by atoms with E-state index >= 15 is 0 Å². The zero-order valence-electron chi connectivity index (χ0n) is 14.5. The van der Waals surface area contributed by atoms with Crippen LogP contribution in [0.25, 0.3) is 0 Å². The van der Waals surface area contributed by atoms with Crippen LogP contribution in [-0.2, 0) is 11.3 Å². The summed E-state index contributed by atoms with van der Waals surface area (Å²) in [7, 11) is 1.55. The van der Waals surface area contributed by atoms with Gasteiger partial charge in [0.2, 0.25) is 0 Å². The minimum atomic E-state index is -0.559. The molecule has 0 bridgehead atoms. The molecule has 1 aliphatic rings. The summed E-state index contributed by atoms with van der Waals surface area (Å²) in [4.78, 5) is 13.3. The van der Waals surface area contributed by atoms with E-state index in [0.717, 1.165) is 38.2 Å². The summed E-state index contributed by atoms with van der Waals surface area (Å²) in [5.74, 6) is 0.964. The second-order valence-corrected chi connectivity index (χ2v) is 6.59. The van der Waals surface area contributed by atoms with E-state index in [-0.39, 0.29) is 19.0 Å². The van der Waals surface area contributed by atoms with Gasteiger partial charge in [0.05, 0.1) is 12.1 Å². The van der Waals surface area contributed by atoms with Crippen molar-refractivity contribution in [3.8, 4) is 11.5 Å². The Kier molecular flexibility index (Phi) is 9.35. The van der Waals surface area contributed by atoms with Crippen LogP contribution in [0, 0.1) is 5.92 Å². The van der Waals surface area contributed by atoms with E-state index < -0.39 is 5.91 Å². The predicted molar refractivity (Wildman–Crippen MR) is 102 cm³/mol. The molecule has 1 saturated heterocycles. The molecule has 1 atom stereocenters. The number of hydrogen-bond donors (Lipinski definition) is 2. The standard InChI is InChI=1S/C17H26ClN3O3.ClH/c1-23-15-8-13(7-14(18)17(15)24-11-16(20)22)10-21-6-2-3-12(9-21)4-5-19;/h7-8,12H,2-6,9-11,19H2,1H3,(H2,20,22);1H. The number of ether oxygens (including phenoxy) is 2. The van der Waals surface area contributed by atoms with Crippen LogP contribution in [0.5, 0.6) is 11.5 Å². The summed E-state index contributed by atoms with van der Waals surface area (Å²) in [5, 5.41) is 0.418. The number of rotatable bonds is 8. The highest BCUT2D eigenvalue weighted by atomic mass is 35.5. The maximum absolute atomic E-state index is 10.9. The monoisotopic (exact) mass is 391 g/mol. The Morgan fingerprint density at radius 2 is 2.20 bits per heavy atom. The van der Waals surface area contributed by atoms with Crippen molar-refractivity contribution in [1.82, 2.24) is 4.90 Å². The lowest BCUT2D eigenvalue weighted by molar-refractivity contribution is -0.119. The van der Waals surface area contributed by atoms with Crippen molar-refractivity contribution in [1.29, 1.82) is 0 Å². The number of piperidine rings is 1. The fourth-order valence-corrected chi connectivity index (χ4v) is 3.46. The third kappa shape index (κ3) is 6.55. The minimum Gasteiger partial charge on any atom is -0.493 e. The SMILES string of the molecule is COc1cc(CN2CCCC(CCN)C2)cc(Cl)c1OCC(N)=O.Cl. The lowest BCUT2D eigenvalue weighted by Crippen LogP contribution is -2.35. The number of nitrogens with zero attached hydrogens (tertiary/aromatic N) is 1. The van der Waals surface area contributed by atoms with Crippen molar-refractivity contribution in [3.63, 3.8) is 0 Å². The number of carbonyl (C=O) groups is 1. The Morgan fingerprint density at radius 1 is 1.44 bits per heavy atom. The Hall–Kier alpha value is -1.21. The van der Waals surface area contributed by atoms with E-state index in [1.165, 1.54) is 12.8 Å². The molecule has 4 N–H and O–H groups in total. The fourth-order valence-electron chi connectivity index (χ4n) is 3.17. The molecule has 6 nitrogen and oxygen atoms in total. The van der Waals surface area contributed by atoms with Gasteiger partial charge in [-0.1, -0.05) is 11.6 Å². The fraction of sp³-hybridized carbons (Fsp3) is 0.588. The number of carbonyl (C=O) groups excluding carboxylic acids is 1. The molecule has 0 saturated carbocycles. The topological polar surface area (TPSA) is 90.8 Å². The maximum atomic E-state index is 10.9. The third-order valence-electron chi connectivity index (χ3n) is 4.23. The van der Waals surface area contributed by atoms with Crippen molar-refractivity contribution in [2.24, 2.45) is 17.4 Å². The van der Waals surface area contributed by atoms with Gasteiger partial charge in [-0.3, -0.25) is 9.69 Å². The summed E-state index contributed by atoms with van der Waals surface area (Å²) in [6.07, 6.45) is 3.51. The van der Waals surface area contributed by atoms with Gasteiger partial charge in [-0.2, -0.15) is 0 Å². The molecule has 0 aliphatic carbocycles. The van der Waals surface area contributed by atoms with Crippen LogP contribution in [0.3, 0.4) is 0 Å². The second kappa shape index (κ2) is 10.7. The van der Waals surface area contributed by atoms with E-state index in [2.05, 4.69) is 4.90 Å². The van der Waals surface area contributed by atoms with E-state index in [1.54, 1.807) is 7.11 Å². The number of nitrogens with two attached hydrogens (primary N) is 2.